The van der Waals surface area contributed by atoms with Gasteiger partial charge in [0.1, 0.15) is 5.60 Å². The van der Waals surface area contributed by atoms with Crippen LogP contribution in [0, 0.1) is 0 Å². The van der Waals surface area contributed by atoms with Crippen LogP contribution >= 0.6 is 11.8 Å². The molecule has 0 radical (unpaired) electrons. The fraction of sp³-hybridized carbons (Fsp3) is 0.889. The Morgan fingerprint density at radius 2 is 2.08 bits per heavy atom. The Hall–Kier alpha value is -0.380. The Morgan fingerprint density at radius 1 is 1.46 bits per heavy atom. The normalized spacial score (nSPS) is 11.1. The van der Waals surface area contributed by atoms with Gasteiger partial charge >= 0.3 is 6.09 Å². The number of ether oxygens (including phenoxy) is 1. The largest absolute Gasteiger partial charge is 0.444 e. The summed E-state index contributed by atoms with van der Waals surface area (Å²) in [7, 11) is 0. The van der Waals surface area contributed by atoms with Crippen molar-refractivity contribution in [1.82, 2.24) is 5.32 Å². The summed E-state index contributed by atoms with van der Waals surface area (Å²) in [5, 5.41) is 2.68. The summed E-state index contributed by atoms with van der Waals surface area (Å²) >= 11 is 1.70. The fourth-order valence-electron chi connectivity index (χ4n) is 0.641. The minimum atomic E-state index is -0.403. The summed E-state index contributed by atoms with van der Waals surface area (Å²) in [4.78, 5) is 11.1. The van der Waals surface area contributed by atoms with Crippen LogP contribution in [0.5, 0.6) is 0 Å². The van der Waals surface area contributed by atoms with E-state index in [1.54, 1.807) is 11.8 Å². The van der Waals surface area contributed by atoms with Crippen molar-refractivity contribution in [3.8, 4) is 0 Å². The van der Waals surface area contributed by atoms with E-state index < -0.39 is 5.60 Å². The van der Waals surface area contributed by atoms with Gasteiger partial charge in [-0.1, -0.05) is 6.92 Å². The SMILES string of the molecule is CCCSCNC(=O)OC(C)(C)C. The van der Waals surface area contributed by atoms with E-state index in [1.807, 2.05) is 20.8 Å². The van der Waals surface area contributed by atoms with Crippen LogP contribution in [-0.2, 0) is 4.74 Å². The third kappa shape index (κ3) is 9.53. The molecule has 0 unspecified atom stereocenters. The molecule has 0 saturated carbocycles. The highest BCUT2D eigenvalue weighted by Crippen LogP contribution is 2.07. The van der Waals surface area contributed by atoms with Crippen LogP contribution in [0.2, 0.25) is 0 Å². The molecule has 0 atom stereocenters. The van der Waals surface area contributed by atoms with Crippen LogP contribution in [0.15, 0.2) is 0 Å². The highest BCUT2D eigenvalue weighted by Gasteiger charge is 2.15. The Balaban J connectivity index is 3.41. The molecule has 4 heteroatoms. The molecule has 1 N–H and O–H groups in total. The number of nitrogens with one attached hydrogen (secondary N) is 1. The zero-order chi connectivity index (χ0) is 10.3. The summed E-state index contributed by atoms with van der Waals surface area (Å²) in [5.41, 5.74) is -0.403. The molecule has 0 aliphatic rings. The third-order valence-corrected chi connectivity index (χ3v) is 2.11. The monoisotopic (exact) mass is 205 g/mol. The first-order valence-electron chi connectivity index (χ1n) is 4.50. The number of carbonyl (C=O) groups is 1. The standard InChI is InChI=1S/C9H19NO2S/c1-5-6-13-7-10-8(11)12-9(2,3)4/h5-7H2,1-4H3,(H,10,11). The molecule has 0 rings (SSSR count). The Morgan fingerprint density at radius 3 is 2.54 bits per heavy atom. The highest BCUT2D eigenvalue weighted by molar-refractivity contribution is 7.99. The summed E-state index contributed by atoms with van der Waals surface area (Å²) in [5.74, 6) is 1.69. The van der Waals surface area contributed by atoms with Crippen molar-refractivity contribution in [3.63, 3.8) is 0 Å². The molecule has 0 spiro atoms. The predicted octanol–water partition coefficient (Wildman–Crippen LogP) is 2.61. The van der Waals surface area contributed by atoms with E-state index in [-0.39, 0.29) is 6.09 Å². The molecule has 0 heterocycles. The second-order valence-electron chi connectivity index (χ2n) is 3.73. The number of hydrogen-bond donors (Lipinski definition) is 1. The van der Waals surface area contributed by atoms with E-state index in [1.165, 1.54) is 0 Å². The summed E-state index contributed by atoms with van der Waals surface area (Å²) in [6, 6.07) is 0. The van der Waals surface area contributed by atoms with Gasteiger partial charge < -0.3 is 10.1 Å². The topological polar surface area (TPSA) is 38.3 Å². The molecule has 3 nitrogen and oxygen atoms in total. The molecule has 0 aromatic heterocycles. The average molecular weight is 205 g/mol. The first kappa shape index (κ1) is 12.6. The van der Waals surface area contributed by atoms with Gasteiger partial charge in [0.25, 0.3) is 0 Å². The minimum Gasteiger partial charge on any atom is -0.444 e. The molecular weight excluding hydrogens is 186 g/mol. The van der Waals surface area contributed by atoms with E-state index in [4.69, 9.17) is 4.74 Å². The number of alkyl carbamates (subject to hydrolysis) is 1. The number of carbonyl (C=O) groups excluding carboxylic acids is 1. The fourth-order valence-corrected chi connectivity index (χ4v) is 1.29. The second kappa shape index (κ2) is 6.13. The lowest BCUT2D eigenvalue weighted by Crippen LogP contribution is -2.32. The van der Waals surface area contributed by atoms with Crippen LogP contribution in [0.4, 0.5) is 4.79 Å². The molecule has 0 aliphatic heterocycles. The molecule has 0 aromatic rings. The van der Waals surface area contributed by atoms with Crippen LogP contribution in [0.1, 0.15) is 34.1 Å². The second-order valence-corrected chi connectivity index (χ2v) is 4.84. The van der Waals surface area contributed by atoms with E-state index in [2.05, 4.69) is 12.2 Å². The molecule has 0 aromatic carbocycles. The zero-order valence-electron chi connectivity index (χ0n) is 8.85. The summed E-state index contributed by atoms with van der Waals surface area (Å²) < 4.78 is 5.05. The van der Waals surface area contributed by atoms with E-state index in [0.29, 0.717) is 5.88 Å². The average Bonchev–Trinajstić information content (AvgIpc) is 1.94. The summed E-state index contributed by atoms with van der Waals surface area (Å²) in [6.45, 7) is 7.67. The van der Waals surface area contributed by atoms with Crippen LogP contribution < -0.4 is 5.32 Å². The quantitative estimate of drug-likeness (QED) is 0.566. The van der Waals surface area contributed by atoms with Crippen molar-refractivity contribution in [3.05, 3.63) is 0 Å². The molecule has 0 fully saturated rings. The van der Waals surface area contributed by atoms with Gasteiger partial charge in [-0.25, -0.2) is 4.79 Å². The van der Waals surface area contributed by atoms with Crippen LogP contribution in [0.3, 0.4) is 0 Å². The first-order chi connectivity index (χ1) is 5.95. The lowest BCUT2D eigenvalue weighted by atomic mass is 10.2. The maximum atomic E-state index is 11.1. The van der Waals surface area contributed by atoms with E-state index >= 15 is 0 Å². The molecule has 0 saturated heterocycles. The number of rotatable bonds is 4. The van der Waals surface area contributed by atoms with Crippen molar-refractivity contribution < 1.29 is 9.53 Å². The van der Waals surface area contributed by atoms with Crippen molar-refractivity contribution in [2.75, 3.05) is 11.6 Å². The Bertz CT molecular complexity index is 154. The highest BCUT2D eigenvalue weighted by atomic mass is 32.2. The van der Waals surface area contributed by atoms with Gasteiger partial charge in [-0.2, -0.15) is 0 Å². The van der Waals surface area contributed by atoms with Gasteiger partial charge in [-0.15, -0.1) is 11.8 Å². The molecular formula is C9H19NO2S. The van der Waals surface area contributed by atoms with Crippen molar-refractivity contribution in [1.29, 1.82) is 0 Å². The molecule has 0 bridgehead atoms. The maximum absolute atomic E-state index is 11.1. The van der Waals surface area contributed by atoms with E-state index in [9.17, 15) is 4.79 Å². The van der Waals surface area contributed by atoms with Crippen molar-refractivity contribution in [2.45, 2.75) is 39.7 Å². The van der Waals surface area contributed by atoms with Gasteiger partial charge in [0.05, 0.1) is 5.88 Å². The summed E-state index contributed by atoms with van der Waals surface area (Å²) in [6.07, 6.45) is 0.789. The smallest absolute Gasteiger partial charge is 0.408 e. The molecule has 0 aliphatic carbocycles. The minimum absolute atomic E-state index is 0.337. The predicted molar refractivity (Wildman–Crippen MR) is 57.0 cm³/mol. The van der Waals surface area contributed by atoms with Gasteiger partial charge in [-0.3, -0.25) is 0 Å². The van der Waals surface area contributed by atoms with Crippen LogP contribution in [-0.4, -0.2) is 23.3 Å². The van der Waals surface area contributed by atoms with Crippen LogP contribution in [0.25, 0.3) is 0 Å². The first-order valence-corrected chi connectivity index (χ1v) is 5.66. The van der Waals surface area contributed by atoms with Gasteiger partial charge in [0, 0.05) is 0 Å². The van der Waals surface area contributed by atoms with Gasteiger partial charge in [0.2, 0.25) is 0 Å². The third-order valence-electron chi connectivity index (χ3n) is 1.07. The molecule has 13 heavy (non-hydrogen) atoms. The lowest BCUT2D eigenvalue weighted by molar-refractivity contribution is 0.0538. The van der Waals surface area contributed by atoms with Gasteiger partial charge in [-0.05, 0) is 32.9 Å². The molecule has 1 amide bonds. The lowest BCUT2D eigenvalue weighted by Gasteiger charge is -2.19. The molecule has 78 valence electrons. The zero-order valence-corrected chi connectivity index (χ0v) is 9.66. The maximum Gasteiger partial charge on any atom is 0.408 e. The van der Waals surface area contributed by atoms with Crippen molar-refractivity contribution in [2.24, 2.45) is 0 Å². The van der Waals surface area contributed by atoms with E-state index in [0.717, 1.165) is 12.2 Å². The number of thioether (sulfide) groups is 1. The van der Waals surface area contributed by atoms with Crippen molar-refractivity contribution >= 4 is 17.9 Å². The van der Waals surface area contributed by atoms with Gasteiger partial charge in [0.15, 0.2) is 0 Å². The Labute approximate surface area is 84.6 Å². The number of amides is 1. The number of hydrogen-bond acceptors (Lipinski definition) is 3. The Kier molecular flexibility index (Phi) is 5.95.